The molecule has 3 amide bonds. The van der Waals surface area contributed by atoms with Gasteiger partial charge in [-0.2, -0.15) is 0 Å². The number of nitrogens with zero attached hydrogens (tertiary/aromatic N) is 3. The smallest absolute Gasteiger partial charge is 0.255 e. The molecule has 2 fully saturated rings. The highest BCUT2D eigenvalue weighted by atomic mass is 19.1. The Labute approximate surface area is 179 Å². The zero-order valence-electron chi connectivity index (χ0n) is 17.1. The van der Waals surface area contributed by atoms with Gasteiger partial charge in [-0.25, -0.2) is 4.39 Å². The van der Waals surface area contributed by atoms with Gasteiger partial charge in [0, 0.05) is 31.5 Å². The number of carbonyl (C=O) groups is 3. The van der Waals surface area contributed by atoms with Crippen LogP contribution in [-0.2, 0) is 14.3 Å². The molecular weight excluding hydrogens is 403 g/mol. The molecule has 2 aliphatic heterocycles. The topological polar surface area (TPSA) is 91.8 Å². The van der Waals surface area contributed by atoms with Gasteiger partial charge in [0.25, 0.3) is 11.8 Å². The molecule has 3 heterocycles. The maximum atomic E-state index is 13.4. The van der Waals surface area contributed by atoms with Crippen molar-refractivity contribution in [3.05, 3.63) is 60.2 Å². The fourth-order valence-corrected chi connectivity index (χ4v) is 4.07. The summed E-state index contributed by atoms with van der Waals surface area (Å²) in [4.78, 5) is 45.0. The van der Waals surface area contributed by atoms with Gasteiger partial charge < -0.3 is 19.9 Å². The fourth-order valence-electron chi connectivity index (χ4n) is 4.07. The number of ether oxygens (including phenoxy) is 1. The minimum absolute atomic E-state index is 0.0920. The Balaban J connectivity index is 1.50. The van der Waals surface area contributed by atoms with E-state index >= 15 is 0 Å². The van der Waals surface area contributed by atoms with E-state index in [1.165, 1.54) is 31.3 Å². The van der Waals surface area contributed by atoms with Gasteiger partial charge in [0.15, 0.2) is 6.10 Å². The quantitative estimate of drug-likeness (QED) is 0.807. The van der Waals surface area contributed by atoms with Crippen LogP contribution in [0.2, 0.25) is 0 Å². The number of aromatic nitrogens is 1. The third-order valence-electron chi connectivity index (χ3n) is 5.60. The van der Waals surface area contributed by atoms with Crippen LogP contribution in [-0.4, -0.2) is 70.4 Å². The number of hydrogen-bond acceptors (Lipinski definition) is 5. The summed E-state index contributed by atoms with van der Waals surface area (Å²) < 4.78 is 19.6. The number of hydrogen-bond donors (Lipinski definition) is 1. The zero-order valence-corrected chi connectivity index (χ0v) is 17.1. The van der Waals surface area contributed by atoms with Crippen LogP contribution in [0.25, 0.3) is 0 Å². The van der Waals surface area contributed by atoms with E-state index in [2.05, 4.69) is 10.3 Å². The van der Waals surface area contributed by atoms with Crippen molar-refractivity contribution in [1.82, 2.24) is 14.8 Å². The maximum Gasteiger partial charge on any atom is 0.255 e. The average molecular weight is 426 g/mol. The molecule has 0 unspecified atom stereocenters. The first-order valence-corrected chi connectivity index (χ1v) is 10.0. The molecule has 2 atom stereocenters. The van der Waals surface area contributed by atoms with Crippen LogP contribution < -0.4 is 5.32 Å². The van der Waals surface area contributed by atoms with E-state index in [1.54, 1.807) is 34.2 Å². The molecule has 2 saturated heterocycles. The Kier molecular flexibility index (Phi) is 5.69. The number of rotatable bonds is 3. The summed E-state index contributed by atoms with van der Waals surface area (Å²) in [6, 6.07) is 8.95. The largest absolute Gasteiger partial charge is 0.356 e. The second-order valence-electron chi connectivity index (χ2n) is 7.91. The van der Waals surface area contributed by atoms with Crippen LogP contribution in [0.4, 0.5) is 10.1 Å². The molecule has 1 aromatic heterocycles. The lowest BCUT2D eigenvalue weighted by Crippen LogP contribution is -2.60. The normalized spacial score (nSPS) is 23.1. The lowest BCUT2D eigenvalue weighted by Gasteiger charge is -2.43. The molecule has 4 rings (SSSR count). The summed E-state index contributed by atoms with van der Waals surface area (Å²) in [5.74, 6) is -1.28. The highest BCUT2D eigenvalue weighted by molar-refractivity contribution is 5.95. The molecule has 31 heavy (non-hydrogen) atoms. The lowest BCUT2D eigenvalue weighted by molar-refractivity contribution is -0.171. The molecule has 0 saturated carbocycles. The van der Waals surface area contributed by atoms with Gasteiger partial charge in [-0.05, 0) is 36.8 Å². The highest BCUT2D eigenvalue weighted by Gasteiger charge is 2.49. The Morgan fingerprint density at radius 2 is 2.00 bits per heavy atom. The minimum atomic E-state index is -0.936. The number of pyridine rings is 1. The van der Waals surface area contributed by atoms with Gasteiger partial charge in [-0.1, -0.05) is 6.07 Å². The van der Waals surface area contributed by atoms with Crippen LogP contribution in [0.15, 0.2) is 48.8 Å². The standard InChI is InChI=1S/C22H23FN4O4/c1-15(28)27-12-19(20(29)25-18-6-2-5-17(23)10-18)31-22(14-27)7-9-26(13-22)21(30)16-4-3-8-24-11-16/h2-6,8,10-11,19H,7,9,12-14H2,1H3,(H,25,29)/t19-,22+/m0/s1. The number of morpholine rings is 1. The number of amides is 3. The first kappa shape index (κ1) is 20.9. The van der Waals surface area contributed by atoms with Crippen molar-refractivity contribution < 1.29 is 23.5 Å². The monoisotopic (exact) mass is 426 g/mol. The van der Waals surface area contributed by atoms with Crippen LogP contribution >= 0.6 is 0 Å². The SMILES string of the molecule is CC(=O)N1C[C@@H](C(=O)Nc2cccc(F)c2)O[C@@]2(CCN(C(=O)c3cccnc3)C2)C1. The van der Waals surface area contributed by atoms with Crippen LogP contribution in [0.1, 0.15) is 23.7 Å². The van der Waals surface area contributed by atoms with Gasteiger partial charge in [0.1, 0.15) is 11.4 Å². The highest BCUT2D eigenvalue weighted by Crippen LogP contribution is 2.33. The number of carbonyl (C=O) groups excluding carboxylic acids is 3. The van der Waals surface area contributed by atoms with Gasteiger partial charge in [0.2, 0.25) is 5.91 Å². The Morgan fingerprint density at radius 1 is 1.19 bits per heavy atom. The number of benzene rings is 1. The fraction of sp³-hybridized carbons (Fsp3) is 0.364. The summed E-state index contributed by atoms with van der Waals surface area (Å²) in [6.45, 7) is 2.53. The summed E-state index contributed by atoms with van der Waals surface area (Å²) in [5.41, 5.74) is -0.0623. The van der Waals surface area contributed by atoms with Crippen LogP contribution in [0, 0.1) is 5.82 Å². The van der Waals surface area contributed by atoms with E-state index in [4.69, 9.17) is 4.74 Å². The Bertz CT molecular complexity index is 1000. The van der Waals surface area contributed by atoms with Gasteiger partial charge in [-0.3, -0.25) is 19.4 Å². The molecule has 9 heteroatoms. The number of halogens is 1. The zero-order chi connectivity index (χ0) is 22.0. The molecule has 1 N–H and O–H groups in total. The van der Waals surface area contributed by atoms with Gasteiger partial charge in [0.05, 0.1) is 25.2 Å². The predicted octanol–water partition coefficient (Wildman–Crippen LogP) is 1.69. The van der Waals surface area contributed by atoms with Crippen molar-refractivity contribution in [1.29, 1.82) is 0 Å². The molecule has 2 aromatic rings. The second kappa shape index (κ2) is 8.43. The average Bonchev–Trinajstić information content (AvgIpc) is 3.16. The molecule has 0 bridgehead atoms. The maximum absolute atomic E-state index is 13.4. The molecular formula is C22H23FN4O4. The predicted molar refractivity (Wildman–Crippen MR) is 110 cm³/mol. The summed E-state index contributed by atoms with van der Waals surface area (Å²) in [5, 5.41) is 2.65. The van der Waals surface area contributed by atoms with E-state index in [0.717, 1.165) is 0 Å². The summed E-state index contributed by atoms with van der Waals surface area (Å²) >= 11 is 0. The van der Waals surface area contributed by atoms with E-state index < -0.39 is 23.4 Å². The van der Waals surface area contributed by atoms with Crippen molar-refractivity contribution in [3.8, 4) is 0 Å². The number of nitrogens with one attached hydrogen (secondary N) is 1. The second-order valence-corrected chi connectivity index (χ2v) is 7.91. The van der Waals surface area contributed by atoms with Crippen LogP contribution in [0.5, 0.6) is 0 Å². The lowest BCUT2D eigenvalue weighted by atomic mass is 9.98. The Morgan fingerprint density at radius 3 is 2.71 bits per heavy atom. The molecule has 1 aromatic carbocycles. The third-order valence-corrected chi connectivity index (χ3v) is 5.60. The van der Waals surface area contributed by atoms with Crippen molar-refractivity contribution in [2.45, 2.75) is 25.0 Å². The first-order chi connectivity index (χ1) is 14.8. The molecule has 8 nitrogen and oxygen atoms in total. The van der Waals surface area contributed by atoms with E-state index in [1.807, 2.05) is 0 Å². The van der Waals surface area contributed by atoms with Crippen molar-refractivity contribution in [2.24, 2.45) is 0 Å². The number of likely N-dealkylation sites (tertiary alicyclic amines) is 1. The molecule has 162 valence electrons. The molecule has 2 aliphatic rings. The first-order valence-electron chi connectivity index (χ1n) is 10.0. The van der Waals surface area contributed by atoms with Crippen molar-refractivity contribution in [2.75, 3.05) is 31.5 Å². The van der Waals surface area contributed by atoms with E-state index in [9.17, 15) is 18.8 Å². The van der Waals surface area contributed by atoms with Crippen molar-refractivity contribution in [3.63, 3.8) is 0 Å². The summed E-state index contributed by atoms with van der Waals surface area (Å²) in [7, 11) is 0. The molecule has 0 radical (unpaired) electrons. The van der Waals surface area contributed by atoms with Crippen LogP contribution in [0.3, 0.4) is 0 Å². The molecule has 1 spiro atoms. The van der Waals surface area contributed by atoms with E-state index in [-0.39, 0.29) is 24.9 Å². The number of anilines is 1. The Hall–Kier alpha value is -3.33. The van der Waals surface area contributed by atoms with Gasteiger partial charge >= 0.3 is 0 Å². The minimum Gasteiger partial charge on any atom is -0.356 e. The van der Waals surface area contributed by atoms with Crippen molar-refractivity contribution >= 4 is 23.4 Å². The van der Waals surface area contributed by atoms with E-state index in [0.29, 0.717) is 30.8 Å². The molecule has 0 aliphatic carbocycles. The summed E-state index contributed by atoms with van der Waals surface area (Å²) in [6.07, 6.45) is 2.66. The van der Waals surface area contributed by atoms with Gasteiger partial charge in [-0.15, -0.1) is 0 Å². The third kappa shape index (κ3) is 4.56.